The predicted octanol–water partition coefficient (Wildman–Crippen LogP) is 2.95. The molecule has 1 heterocycles. The molecule has 14 heavy (non-hydrogen) atoms. The molecule has 1 aromatic rings. The van der Waals surface area contributed by atoms with E-state index in [-0.39, 0.29) is 0 Å². The molecule has 1 N–H and O–H groups in total. The molecule has 0 radical (unpaired) electrons. The van der Waals surface area contributed by atoms with Gasteiger partial charge in [-0.25, -0.2) is 0 Å². The molecule has 2 heteroatoms. The highest BCUT2D eigenvalue weighted by atomic mass is 16.3. The van der Waals surface area contributed by atoms with E-state index in [1.54, 1.807) is 6.26 Å². The molecule has 0 aliphatic heterocycles. The second-order valence-corrected chi connectivity index (χ2v) is 4.38. The molecule has 0 aromatic carbocycles. The van der Waals surface area contributed by atoms with Gasteiger partial charge in [-0.15, -0.1) is 0 Å². The Bertz CT molecular complexity index is 255. The summed E-state index contributed by atoms with van der Waals surface area (Å²) >= 11 is 0. The van der Waals surface area contributed by atoms with E-state index in [4.69, 9.17) is 4.42 Å². The summed E-state index contributed by atoms with van der Waals surface area (Å²) in [5.74, 6) is 0.829. The van der Waals surface area contributed by atoms with Crippen molar-refractivity contribution in [2.24, 2.45) is 5.92 Å². The summed E-state index contributed by atoms with van der Waals surface area (Å²) in [7, 11) is 0. The van der Waals surface area contributed by atoms with E-state index in [2.05, 4.69) is 12.2 Å². The van der Waals surface area contributed by atoms with Gasteiger partial charge in [0, 0.05) is 18.2 Å². The van der Waals surface area contributed by atoms with Gasteiger partial charge in [0.15, 0.2) is 0 Å². The summed E-state index contributed by atoms with van der Waals surface area (Å²) < 4.78 is 5.04. The van der Waals surface area contributed by atoms with Crippen molar-refractivity contribution in [3.05, 3.63) is 24.2 Å². The smallest absolute Gasteiger partial charge is 0.0947 e. The van der Waals surface area contributed by atoms with E-state index in [0.29, 0.717) is 6.04 Å². The molecule has 2 nitrogen and oxygen atoms in total. The van der Waals surface area contributed by atoms with E-state index < -0.39 is 0 Å². The Morgan fingerprint density at radius 2 is 2.29 bits per heavy atom. The third-order valence-electron chi connectivity index (χ3n) is 3.26. The highest BCUT2D eigenvalue weighted by Gasteiger charge is 2.20. The minimum absolute atomic E-state index is 0.707. The van der Waals surface area contributed by atoms with Crippen LogP contribution >= 0.6 is 0 Å². The second kappa shape index (κ2) is 4.65. The minimum atomic E-state index is 0.707. The highest BCUT2D eigenvalue weighted by Crippen LogP contribution is 2.23. The van der Waals surface area contributed by atoms with E-state index in [9.17, 15) is 0 Å². The third kappa shape index (κ3) is 2.38. The average molecular weight is 193 g/mol. The van der Waals surface area contributed by atoms with Crippen LogP contribution in [0.2, 0.25) is 0 Å². The number of rotatable bonds is 3. The Morgan fingerprint density at radius 3 is 3.00 bits per heavy atom. The van der Waals surface area contributed by atoms with Crippen molar-refractivity contribution < 1.29 is 4.42 Å². The van der Waals surface area contributed by atoms with E-state index in [1.807, 2.05) is 12.3 Å². The van der Waals surface area contributed by atoms with Crippen molar-refractivity contribution in [3.63, 3.8) is 0 Å². The number of hydrogen-bond acceptors (Lipinski definition) is 2. The fourth-order valence-electron chi connectivity index (χ4n) is 2.26. The maximum atomic E-state index is 5.04. The van der Waals surface area contributed by atoms with Crippen molar-refractivity contribution in [1.29, 1.82) is 0 Å². The van der Waals surface area contributed by atoms with Crippen LogP contribution < -0.4 is 5.32 Å². The summed E-state index contributed by atoms with van der Waals surface area (Å²) in [5.41, 5.74) is 1.25. The monoisotopic (exact) mass is 193 g/mol. The molecule has 0 amide bonds. The van der Waals surface area contributed by atoms with E-state index >= 15 is 0 Å². The van der Waals surface area contributed by atoms with Crippen molar-refractivity contribution in [2.75, 3.05) is 0 Å². The molecule has 0 bridgehead atoms. The summed E-state index contributed by atoms with van der Waals surface area (Å²) in [4.78, 5) is 0. The largest absolute Gasteiger partial charge is 0.472 e. The first-order chi connectivity index (χ1) is 6.86. The van der Waals surface area contributed by atoms with Gasteiger partial charge in [0.05, 0.1) is 12.5 Å². The molecule has 2 atom stereocenters. The first-order valence-electron chi connectivity index (χ1n) is 5.61. The molecule has 0 saturated heterocycles. The molecule has 1 aliphatic carbocycles. The number of nitrogens with one attached hydrogen (secondary N) is 1. The predicted molar refractivity (Wildman–Crippen MR) is 57.0 cm³/mol. The Morgan fingerprint density at radius 1 is 1.43 bits per heavy atom. The fourth-order valence-corrected chi connectivity index (χ4v) is 2.26. The van der Waals surface area contributed by atoms with Gasteiger partial charge in [0.1, 0.15) is 0 Å². The normalized spacial score (nSPS) is 27.8. The Labute approximate surface area is 85.7 Å². The molecule has 0 spiro atoms. The van der Waals surface area contributed by atoms with Gasteiger partial charge in [0.25, 0.3) is 0 Å². The molecule has 1 aliphatic rings. The molecule has 78 valence electrons. The van der Waals surface area contributed by atoms with Gasteiger partial charge in [-0.1, -0.05) is 19.8 Å². The zero-order valence-electron chi connectivity index (χ0n) is 8.83. The quantitative estimate of drug-likeness (QED) is 0.798. The van der Waals surface area contributed by atoms with Crippen LogP contribution in [-0.2, 0) is 6.54 Å². The zero-order valence-corrected chi connectivity index (χ0v) is 8.83. The van der Waals surface area contributed by atoms with Crippen LogP contribution in [0.4, 0.5) is 0 Å². The molecule has 1 fully saturated rings. The molecule has 2 rings (SSSR count). The van der Waals surface area contributed by atoms with Gasteiger partial charge in [-0.3, -0.25) is 0 Å². The lowest BCUT2D eigenvalue weighted by molar-refractivity contribution is 0.279. The van der Waals surface area contributed by atoms with Gasteiger partial charge < -0.3 is 9.73 Å². The molecule has 1 aromatic heterocycles. The van der Waals surface area contributed by atoms with Crippen molar-refractivity contribution >= 4 is 0 Å². The molecule has 2 unspecified atom stereocenters. The highest BCUT2D eigenvalue weighted by molar-refractivity contribution is 5.04. The summed E-state index contributed by atoms with van der Waals surface area (Å²) in [6.07, 6.45) is 9.06. The lowest BCUT2D eigenvalue weighted by atomic mass is 9.86. The van der Waals surface area contributed by atoms with Crippen LogP contribution in [0.3, 0.4) is 0 Å². The van der Waals surface area contributed by atoms with Crippen LogP contribution in [0.25, 0.3) is 0 Å². The fraction of sp³-hybridized carbons (Fsp3) is 0.667. The summed E-state index contributed by atoms with van der Waals surface area (Å²) in [6.45, 7) is 3.30. The minimum Gasteiger partial charge on any atom is -0.472 e. The van der Waals surface area contributed by atoms with Gasteiger partial charge >= 0.3 is 0 Å². The SMILES string of the molecule is CC1CCCCC1NCc1ccoc1. The van der Waals surface area contributed by atoms with Crippen LogP contribution in [0, 0.1) is 5.92 Å². The summed E-state index contributed by atoms with van der Waals surface area (Å²) in [5, 5.41) is 3.61. The van der Waals surface area contributed by atoms with E-state index in [1.165, 1.54) is 31.2 Å². The summed E-state index contributed by atoms with van der Waals surface area (Å²) in [6, 6.07) is 2.74. The van der Waals surface area contributed by atoms with Crippen molar-refractivity contribution in [2.45, 2.75) is 45.2 Å². The maximum absolute atomic E-state index is 5.04. The van der Waals surface area contributed by atoms with Gasteiger partial charge in [-0.2, -0.15) is 0 Å². The zero-order chi connectivity index (χ0) is 9.80. The lowest BCUT2D eigenvalue weighted by Gasteiger charge is -2.29. The van der Waals surface area contributed by atoms with Gasteiger partial charge in [-0.05, 0) is 24.8 Å². The first kappa shape index (κ1) is 9.78. The van der Waals surface area contributed by atoms with Gasteiger partial charge in [0.2, 0.25) is 0 Å². The second-order valence-electron chi connectivity index (χ2n) is 4.38. The topological polar surface area (TPSA) is 25.2 Å². The van der Waals surface area contributed by atoms with Crippen molar-refractivity contribution in [1.82, 2.24) is 5.32 Å². The van der Waals surface area contributed by atoms with Crippen LogP contribution in [0.1, 0.15) is 38.2 Å². The molecular weight excluding hydrogens is 174 g/mol. The van der Waals surface area contributed by atoms with Crippen molar-refractivity contribution in [3.8, 4) is 0 Å². The van der Waals surface area contributed by atoms with E-state index in [0.717, 1.165) is 12.5 Å². The molecule has 1 saturated carbocycles. The maximum Gasteiger partial charge on any atom is 0.0947 e. The average Bonchev–Trinajstić information content (AvgIpc) is 2.69. The Hall–Kier alpha value is -0.760. The first-order valence-corrected chi connectivity index (χ1v) is 5.61. The Kier molecular flexibility index (Phi) is 3.25. The van der Waals surface area contributed by atoms with Crippen LogP contribution in [0.15, 0.2) is 23.0 Å². The van der Waals surface area contributed by atoms with Crippen LogP contribution in [0.5, 0.6) is 0 Å². The molecular formula is C12H19NO. The standard InChI is InChI=1S/C12H19NO/c1-10-4-2-3-5-12(10)13-8-11-6-7-14-9-11/h6-7,9-10,12-13H,2-5,8H2,1H3. The number of furan rings is 1. The lowest BCUT2D eigenvalue weighted by Crippen LogP contribution is -2.36. The van der Waals surface area contributed by atoms with Crippen LogP contribution in [-0.4, -0.2) is 6.04 Å². The third-order valence-corrected chi connectivity index (χ3v) is 3.26. The Balaban J connectivity index is 1.79. The number of hydrogen-bond donors (Lipinski definition) is 1.